The minimum atomic E-state index is 0.00186. The van der Waals surface area contributed by atoms with Crippen LogP contribution in [0.2, 0.25) is 0 Å². The molecule has 1 heterocycles. The average molecular weight is 374 g/mol. The molecule has 1 aliphatic heterocycles. The fourth-order valence-corrected chi connectivity index (χ4v) is 3.00. The lowest BCUT2D eigenvalue weighted by Gasteiger charge is -2.25. The van der Waals surface area contributed by atoms with Crippen molar-refractivity contribution in [1.82, 2.24) is 10.2 Å². The molecule has 0 aromatic heterocycles. The van der Waals surface area contributed by atoms with Crippen LogP contribution in [0.15, 0.2) is 24.3 Å². The predicted molar refractivity (Wildman–Crippen MR) is 83.2 cm³/mol. The smallest absolute Gasteiger partial charge is 0.255 e. The van der Waals surface area contributed by atoms with Gasteiger partial charge in [0.1, 0.15) is 0 Å². The molecule has 1 aliphatic rings. The standard InChI is InChI=1S/C14H19IN2O2/c15-13-6-2-1-5-12(13)14(19)17(8-9-18)10-11-4-3-7-16-11/h1-2,5-6,11,16,18H,3-4,7-10H2. The van der Waals surface area contributed by atoms with Crippen molar-refractivity contribution in [3.8, 4) is 0 Å². The minimum Gasteiger partial charge on any atom is -0.395 e. The van der Waals surface area contributed by atoms with Gasteiger partial charge in [-0.2, -0.15) is 0 Å². The predicted octanol–water partition coefficient (Wildman–Crippen LogP) is 1.48. The van der Waals surface area contributed by atoms with Crippen LogP contribution in [0.5, 0.6) is 0 Å². The molecule has 1 atom stereocenters. The molecule has 104 valence electrons. The van der Waals surface area contributed by atoms with Crippen LogP contribution in [0.1, 0.15) is 23.2 Å². The number of benzene rings is 1. The largest absolute Gasteiger partial charge is 0.395 e. The molecule has 1 unspecified atom stereocenters. The van der Waals surface area contributed by atoms with Gasteiger partial charge in [0.25, 0.3) is 5.91 Å². The van der Waals surface area contributed by atoms with Gasteiger partial charge in [0.05, 0.1) is 12.2 Å². The first-order chi connectivity index (χ1) is 9.22. The third kappa shape index (κ3) is 3.90. The maximum Gasteiger partial charge on any atom is 0.255 e. The van der Waals surface area contributed by atoms with Gasteiger partial charge in [0, 0.05) is 22.7 Å². The van der Waals surface area contributed by atoms with E-state index in [2.05, 4.69) is 27.9 Å². The number of nitrogens with zero attached hydrogens (tertiary/aromatic N) is 1. The molecule has 4 nitrogen and oxygen atoms in total. The molecule has 2 rings (SSSR count). The Morgan fingerprint density at radius 3 is 2.89 bits per heavy atom. The zero-order valence-corrected chi connectivity index (χ0v) is 13.0. The summed E-state index contributed by atoms with van der Waals surface area (Å²) in [7, 11) is 0. The summed E-state index contributed by atoms with van der Waals surface area (Å²) in [5, 5.41) is 12.5. The van der Waals surface area contributed by atoms with Crippen molar-refractivity contribution < 1.29 is 9.90 Å². The van der Waals surface area contributed by atoms with Gasteiger partial charge in [-0.05, 0) is 54.1 Å². The summed E-state index contributed by atoms with van der Waals surface area (Å²) in [4.78, 5) is 14.3. The topological polar surface area (TPSA) is 52.6 Å². The molecule has 1 aromatic carbocycles. The summed E-state index contributed by atoms with van der Waals surface area (Å²) in [6.07, 6.45) is 2.26. The third-order valence-electron chi connectivity index (χ3n) is 3.36. The van der Waals surface area contributed by atoms with Gasteiger partial charge in [0.15, 0.2) is 0 Å². The molecule has 1 saturated heterocycles. The monoisotopic (exact) mass is 374 g/mol. The molecular weight excluding hydrogens is 355 g/mol. The van der Waals surface area contributed by atoms with E-state index >= 15 is 0 Å². The Kier molecular flexibility index (Phi) is 5.59. The Hall–Kier alpha value is -0.660. The van der Waals surface area contributed by atoms with Crippen LogP contribution in [0.25, 0.3) is 0 Å². The Morgan fingerprint density at radius 2 is 2.26 bits per heavy atom. The quantitative estimate of drug-likeness (QED) is 0.768. The lowest BCUT2D eigenvalue weighted by molar-refractivity contribution is 0.0705. The highest BCUT2D eigenvalue weighted by molar-refractivity contribution is 14.1. The minimum absolute atomic E-state index is 0.00186. The van der Waals surface area contributed by atoms with Crippen LogP contribution in [-0.2, 0) is 0 Å². The summed E-state index contributed by atoms with van der Waals surface area (Å²) < 4.78 is 0.951. The zero-order valence-electron chi connectivity index (χ0n) is 10.8. The van der Waals surface area contributed by atoms with Crippen molar-refractivity contribution in [2.24, 2.45) is 0 Å². The Labute approximate surface area is 127 Å². The number of rotatable bonds is 5. The van der Waals surface area contributed by atoms with Crippen molar-refractivity contribution in [2.75, 3.05) is 26.2 Å². The van der Waals surface area contributed by atoms with Crippen LogP contribution >= 0.6 is 22.6 Å². The van der Waals surface area contributed by atoms with Crippen molar-refractivity contribution in [3.05, 3.63) is 33.4 Å². The lowest BCUT2D eigenvalue weighted by Crippen LogP contribution is -2.42. The SMILES string of the molecule is O=C(c1ccccc1I)N(CCO)CC1CCCN1. The van der Waals surface area contributed by atoms with Crippen LogP contribution in [0, 0.1) is 3.57 Å². The molecule has 1 amide bonds. The molecule has 1 fully saturated rings. The van der Waals surface area contributed by atoms with E-state index in [1.54, 1.807) is 4.90 Å². The van der Waals surface area contributed by atoms with Crippen LogP contribution < -0.4 is 5.32 Å². The first kappa shape index (κ1) is 14.7. The first-order valence-electron chi connectivity index (χ1n) is 6.60. The third-order valence-corrected chi connectivity index (χ3v) is 4.31. The van der Waals surface area contributed by atoms with Crippen molar-refractivity contribution in [1.29, 1.82) is 0 Å². The van der Waals surface area contributed by atoms with Gasteiger partial charge < -0.3 is 15.3 Å². The molecule has 19 heavy (non-hydrogen) atoms. The Bertz CT molecular complexity index is 433. The number of nitrogens with one attached hydrogen (secondary N) is 1. The molecule has 0 radical (unpaired) electrons. The summed E-state index contributed by atoms with van der Waals surface area (Å²) in [5.41, 5.74) is 0.717. The van der Waals surface area contributed by atoms with Crippen molar-refractivity contribution in [2.45, 2.75) is 18.9 Å². The molecule has 1 aromatic rings. The second-order valence-electron chi connectivity index (χ2n) is 4.75. The molecule has 0 bridgehead atoms. The van der Waals surface area contributed by atoms with Crippen LogP contribution in [0.4, 0.5) is 0 Å². The molecule has 2 N–H and O–H groups in total. The van der Waals surface area contributed by atoms with E-state index in [1.807, 2.05) is 24.3 Å². The van der Waals surface area contributed by atoms with E-state index in [4.69, 9.17) is 5.11 Å². The number of aliphatic hydroxyl groups excluding tert-OH is 1. The fraction of sp³-hybridized carbons (Fsp3) is 0.500. The maximum atomic E-state index is 12.5. The number of carbonyl (C=O) groups is 1. The Balaban J connectivity index is 2.09. The van der Waals surface area contributed by atoms with E-state index in [-0.39, 0.29) is 12.5 Å². The van der Waals surface area contributed by atoms with Crippen LogP contribution in [0.3, 0.4) is 0 Å². The summed E-state index contributed by atoms with van der Waals surface area (Å²) >= 11 is 2.18. The first-order valence-corrected chi connectivity index (χ1v) is 7.68. The molecule has 0 saturated carbocycles. The van der Waals surface area contributed by atoms with Gasteiger partial charge in [-0.15, -0.1) is 0 Å². The zero-order chi connectivity index (χ0) is 13.7. The van der Waals surface area contributed by atoms with E-state index in [9.17, 15) is 4.79 Å². The number of hydrogen-bond donors (Lipinski definition) is 2. The number of aliphatic hydroxyl groups is 1. The van der Waals surface area contributed by atoms with Crippen molar-refractivity contribution >= 4 is 28.5 Å². The average Bonchev–Trinajstić information content (AvgIpc) is 2.91. The molecule has 0 spiro atoms. The highest BCUT2D eigenvalue weighted by atomic mass is 127. The highest BCUT2D eigenvalue weighted by Crippen LogP contribution is 2.15. The van der Waals surface area contributed by atoms with E-state index in [0.29, 0.717) is 19.1 Å². The van der Waals surface area contributed by atoms with E-state index < -0.39 is 0 Å². The number of carbonyl (C=O) groups excluding carboxylic acids is 1. The maximum absolute atomic E-state index is 12.5. The Morgan fingerprint density at radius 1 is 1.47 bits per heavy atom. The van der Waals surface area contributed by atoms with E-state index in [1.165, 1.54) is 0 Å². The van der Waals surface area contributed by atoms with Crippen LogP contribution in [-0.4, -0.2) is 48.2 Å². The lowest BCUT2D eigenvalue weighted by atomic mass is 10.1. The van der Waals surface area contributed by atoms with Gasteiger partial charge in [-0.25, -0.2) is 0 Å². The number of halogens is 1. The molecule has 0 aliphatic carbocycles. The second kappa shape index (κ2) is 7.21. The summed E-state index contributed by atoms with van der Waals surface area (Å²) in [6, 6.07) is 7.93. The summed E-state index contributed by atoms with van der Waals surface area (Å²) in [6.45, 7) is 2.09. The summed E-state index contributed by atoms with van der Waals surface area (Å²) in [5.74, 6) is 0.00718. The van der Waals surface area contributed by atoms with Gasteiger partial charge in [-0.1, -0.05) is 12.1 Å². The second-order valence-corrected chi connectivity index (χ2v) is 5.91. The molecule has 5 heteroatoms. The molecular formula is C14H19IN2O2. The normalized spacial score (nSPS) is 18.5. The number of amides is 1. The fourth-order valence-electron chi connectivity index (χ4n) is 2.38. The van der Waals surface area contributed by atoms with Gasteiger partial charge in [-0.3, -0.25) is 4.79 Å². The van der Waals surface area contributed by atoms with Gasteiger partial charge in [0.2, 0.25) is 0 Å². The van der Waals surface area contributed by atoms with Gasteiger partial charge >= 0.3 is 0 Å². The highest BCUT2D eigenvalue weighted by Gasteiger charge is 2.23. The van der Waals surface area contributed by atoms with E-state index in [0.717, 1.165) is 28.5 Å². The number of hydrogen-bond acceptors (Lipinski definition) is 3. The van der Waals surface area contributed by atoms with Crippen molar-refractivity contribution in [3.63, 3.8) is 0 Å².